The van der Waals surface area contributed by atoms with Crippen molar-refractivity contribution >= 4 is 23.7 Å². The summed E-state index contributed by atoms with van der Waals surface area (Å²) in [6, 6.07) is 8.60. The summed E-state index contributed by atoms with van der Waals surface area (Å²) >= 11 is -2.25. The Morgan fingerprint density at radius 2 is 1.33 bits per heavy atom. The maximum atomic E-state index is 3.94. The Bertz CT molecular complexity index is 416. The van der Waals surface area contributed by atoms with Gasteiger partial charge >= 0.3 is 114 Å². The Hall–Kier alpha value is -1.28. The molecule has 0 aliphatic rings. The Kier molecular flexibility index (Phi) is 5.93. The van der Waals surface area contributed by atoms with Crippen LogP contribution in [0, 0.1) is 0 Å². The van der Waals surface area contributed by atoms with Crippen molar-refractivity contribution < 1.29 is 0 Å². The van der Waals surface area contributed by atoms with Crippen LogP contribution in [0.1, 0.15) is 5.56 Å². The normalized spacial score (nSPS) is 10.7. The topological polar surface area (TPSA) is 0 Å². The van der Waals surface area contributed by atoms with Gasteiger partial charge in [0.1, 0.15) is 0 Å². The van der Waals surface area contributed by atoms with E-state index in [1.807, 2.05) is 6.08 Å². The second kappa shape index (κ2) is 7.22. The molecule has 1 aromatic rings. The Morgan fingerprint density at radius 3 is 1.78 bits per heavy atom. The van der Waals surface area contributed by atoms with E-state index < -0.39 is 13.3 Å². The van der Waals surface area contributed by atoms with E-state index in [2.05, 4.69) is 68.8 Å². The molecule has 0 unspecified atom stereocenters. The fourth-order valence-corrected chi connectivity index (χ4v) is 11.1. The zero-order valence-corrected chi connectivity index (χ0v) is 13.2. The molecular formula is C17H22Ge. The second-order valence-electron chi connectivity index (χ2n) is 4.55. The molecule has 0 amide bonds. The molecule has 0 aliphatic carbocycles. The molecule has 0 bridgehead atoms. The summed E-state index contributed by atoms with van der Waals surface area (Å²) in [5.41, 5.74) is 1.27. The number of rotatable bonds is 8. The van der Waals surface area contributed by atoms with E-state index in [0.29, 0.717) is 0 Å². The summed E-state index contributed by atoms with van der Waals surface area (Å²) in [5, 5.41) is 3.30. The van der Waals surface area contributed by atoms with Crippen LogP contribution in [0.25, 0.3) is 6.08 Å². The molecule has 18 heavy (non-hydrogen) atoms. The molecule has 1 rings (SSSR count). The van der Waals surface area contributed by atoms with E-state index in [9.17, 15) is 0 Å². The number of hydrogen-bond acceptors (Lipinski definition) is 0. The van der Waals surface area contributed by atoms with E-state index >= 15 is 0 Å². The van der Waals surface area contributed by atoms with Crippen molar-refractivity contribution in [1.29, 1.82) is 0 Å². The monoisotopic (exact) mass is 300 g/mol. The van der Waals surface area contributed by atoms with E-state index in [-0.39, 0.29) is 0 Å². The van der Waals surface area contributed by atoms with Gasteiger partial charge in [0.2, 0.25) is 0 Å². The fourth-order valence-electron chi connectivity index (χ4n) is 2.57. The van der Waals surface area contributed by atoms with Gasteiger partial charge in [-0.2, -0.15) is 0 Å². The summed E-state index contributed by atoms with van der Waals surface area (Å²) in [6.07, 6.45) is 8.15. The first-order valence-electron chi connectivity index (χ1n) is 6.28. The minimum absolute atomic E-state index is 1.10. The first kappa shape index (κ1) is 14.8. The van der Waals surface area contributed by atoms with Crippen LogP contribution in [0.3, 0.4) is 0 Å². The Labute approximate surface area is 114 Å². The van der Waals surface area contributed by atoms with Gasteiger partial charge in [0, 0.05) is 0 Å². The van der Waals surface area contributed by atoms with Crippen LogP contribution >= 0.6 is 0 Å². The Balaban J connectivity index is 3.37. The molecule has 0 N–H and O–H groups in total. The van der Waals surface area contributed by atoms with Gasteiger partial charge in [-0.3, -0.25) is 0 Å². The molecular weight excluding hydrogens is 277 g/mol. The van der Waals surface area contributed by atoms with Gasteiger partial charge in [0.05, 0.1) is 0 Å². The van der Waals surface area contributed by atoms with Crippen molar-refractivity contribution in [2.45, 2.75) is 15.8 Å². The molecule has 0 nitrogen and oxygen atoms in total. The molecule has 0 aliphatic heterocycles. The first-order valence-corrected chi connectivity index (χ1v) is 11.8. The van der Waals surface area contributed by atoms with Crippen molar-refractivity contribution in [1.82, 2.24) is 0 Å². The zero-order valence-electron chi connectivity index (χ0n) is 11.1. The standard InChI is InChI=1S/C17H22Ge/c1-5-13-18(14-6-2,15-7-3)17-12-10-9-11-16(17)8-4/h5-12H,1-4,13-15H2. The predicted octanol–water partition coefficient (Wildman–Crippen LogP) is 4.54. The average molecular weight is 299 g/mol. The summed E-state index contributed by atoms with van der Waals surface area (Å²) < 4.78 is 1.49. The first-order chi connectivity index (χ1) is 8.74. The number of allylic oxidation sites excluding steroid dienone is 3. The molecule has 0 saturated heterocycles. The van der Waals surface area contributed by atoms with Crippen LogP contribution in [0.5, 0.6) is 0 Å². The van der Waals surface area contributed by atoms with Crippen molar-refractivity contribution in [3.63, 3.8) is 0 Å². The van der Waals surface area contributed by atoms with Gasteiger partial charge in [0.15, 0.2) is 0 Å². The SMILES string of the molecule is C=C[CH2][Ge]([CH2]C=C)([CH2]C=C)[c]1ccccc1C=C. The van der Waals surface area contributed by atoms with Crippen molar-refractivity contribution in [3.8, 4) is 0 Å². The van der Waals surface area contributed by atoms with Crippen LogP contribution in [0.4, 0.5) is 0 Å². The molecule has 0 heterocycles. The molecule has 1 aromatic carbocycles. The molecule has 0 fully saturated rings. The second-order valence-corrected chi connectivity index (χ2v) is 13.6. The average Bonchev–Trinajstić information content (AvgIpc) is 2.39. The van der Waals surface area contributed by atoms with Crippen LogP contribution < -0.4 is 4.40 Å². The number of hydrogen-bond donors (Lipinski definition) is 0. The molecule has 0 radical (unpaired) electrons. The minimum atomic E-state index is -2.25. The van der Waals surface area contributed by atoms with Gasteiger partial charge in [-0.05, 0) is 0 Å². The Morgan fingerprint density at radius 1 is 0.833 bits per heavy atom. The van der Waals surface area contributed by atoms with E-state index in [0.717, 1.165) is 15.8 Å². The molecule has 0 spiro atoms. The van der Waals surface area contributed by atoms with Crippen LogP contribution in [0.2, 0.25) is 15.8 Å². The van der Waals surface area contributed by atoms with Crippen molar-refractivity contribution in [2.75, 3.05) is 0 Å². The summed E-state index contributed by atoms with van der Waals surface area (Å²) in [7, 11) is 0. The summed E-state index contributed by atoms with van der Waals surface area (Å²) in [5.74, 6) is 0. The maximum absolute atomic E-state index is 3.94. The third-order valence-corrected chi connectivity index (χ3v) is 13.4. The van der Waals surface area contributed by atoms with Gasteiger partial charge in [-0.25, -0.2) is 0 Å². The van der Waals surface area contributed by atoms with Gasteiger partial charge < -0.3 is 0 Å². The van der Waals surface area contributed by atoms with Gasteiger partial charge in [0.25, 0.3) is 0 Å². The van der Waals surface area contributed by atoms with E-state index in [1.54, 1.807) is 0 Å². The van der Waals surface area contributed by atoms with Crippen LogP contribution in [0.15, 0.2) is 68.8 Å². The predicted molar refractivity (Wildman–Crippen MR) is 86.9 cm³/mol. The van der Waals surface area contributed by atoms with Crippen LogP contribution in [-0.2, 0) is 0 Å². The van der Waals surface area contributed by atoms with E-state index in [4.69, 9.17) is 0 Å². The quantitative estimate of drug-likeness (QED) is 0.488. The number of benzene rings is 1. The fraction of sp³-hybridized carbons (Fsp3) is 0.176. The third kappa shape index (κ3) is 3.14. The third-order valence-electron chi connectivity index (χ3n) is 3.36. The summed E-state index contributed by atoms with van der Waals surface area (Å²) in [4.78, 5) is 0. The van der Waals surface area contributed by atoms with Gasteiger partial charge in [-0.15, -0.1) is 0 Å². The molecule has 1 heteroatoms. The van der Waals surface area contributed by atoms with Crippen molar-refractivity contribution in [2.24, 2.45) is 0 Å². The molecule has 0 saturated carbocycles. The van der Waals surface area contributed by atoms with Crippen molar-refractivity contribution in [3.05, 3.63) is 74.4 Å². The zero-order chi connectivity index (χ0) is 13.4. The molecule has 0 aromatic heterocycles. The van der Waals surface area contributed by atoms with Gasteiger partial charge in [-0.1, -0.05) is 0 Å². The molecule has 94 valence electrons. The van der Waals surface area contributed by atoms with E-state index in [1.165, 1.54) is 9.96 Å². The van der Waals surface area contributed by atoms with Crippen LogP contribution in [-0.4, -0.2) is 13.3 Å². The molecule has 0 atom stereocenters. The summed E-state index contributed by atoms with van der Waals surface area (Å²) in [6.45, 7) is 15.8.